The standard InChI is InChI=1S/C26H29FN6O2.C20H17ClFN5O2/c1-3-24(34)29-19-8-4-9-20(13-19)30-25-23(27)15-28-26(32-25)31-21-10-5-11-22(14-21)35-17-18-7-6-12-33(2)16-18;1-3-18(28)24-12-5-4-6-13(9-12)25-19-16(22)11-23-20(27-19)26-14-7-8-15(21)17(10-14)29-2/h3-5,8-11,13-15,18H,1,6-7,12,16-17H2,2H3,(H,29,34)(H2,28,30,31,32);3-11H,1H2,2H3,(H,24,28)(H2,23,25,26,27). The van der Waals surface area contributed by atoms with Crippen molar-refractivity contribution in [2.24, 2.45) is 5.92 Å². The molecule has 1 aliphatic heterocycles. The first kappa shape index (κ1) is 45.9. The molecular formula is C46H46ClF2N11O4. The van der Waals surface area contributed by atoms with Crippen LogP contribution in [0, 0.1) is 17.6 Å². The lowest BCUT2D eigenvalue weighted by molar-refractivity contribution is -0.112. The van der Waals surface area contributed by atoms with Crippen molar-refractivity contribution < 1.29 is 27.8 Å². The highest BCUT2D eigenvalue weighted by Gasteiger charge is 2.18. The molecule has 2 aromatic heterocycles. The van der Waals surface area contributed by atoms with E-state index < -0.39 is 11.6 Å². The zero-order valence-electron chi connectivity index (χ0n) is 35.0. The predicted molar refractivity (Wildman–Crippen MR) is 248 cm³/mol. The number of aromatic nitrogens is 4. The van der Waals surface area contributed by atoms with Crippen LogP contribution in [-0.2, 0) is 9.59 Å². The van der Waals surface area contributed by atoms with Crippen molar-refractivity contribution in [3.63, 3.8) is 0 Å². The molecule has 1 saturated heterocycles. The number of likely N-dealkylation sites (tertiary alicyclic amines) is 1. The molecule has 64 heavy (non-hydrogen) atoms. The van der Waals surface area contributed by atoms with E-state index in [1.165, 1.54) is 26.0 Å². The summed E-state index contributed by atoms with van der Waals surface area (Å²) in [5, 5.41) is 17.6. The summed E-state index contributed by atoms with van der Waals surface area (Å²) in [5.74, 6) is 0.208. The summed E-state index contributed by atoms with van der Waals surface area (Å²) < 4.78 is 39.8. The average molecular weight is 890 g/mol. The van der Waals surface area contributed by atoms with Crippen LogP contribution in [0.5, 0.6) is 11.5 Å². The number of ether oxygens (including phenoxy) is 2. The SMILES string of the molecule is C=CC(=O)Nc1cccc(Nc2nc(Nc3ccc(Cl)c(OC)c3)ncc2F)c1.C=CC(=O)Nc1cccc(Nc2nc(Nc3cccc(OCC4CCCN(C)C4)c3)ncc2F)c1. The Morgan fingerprint density at radius 2 is 1.27 bits per heavy atom. The first-order chi connectivity index (χ1) is 31.0. The van der Waals surface area contributed by atoms with E-state index in [2.05, 4.69) is 76.9 Å². The van der Waals surface area contributed by atoms with Crippen molar-refractivity contribution in [2.75, 3.05) is 65.8 Å². The molecule has 3 heterocycles. The number of methoxy groups -OCH3 is 1. The minimum absolute atomic E-state index is 0.00326. The second kappa shape index (κ2) is 22.5. The monoisotopic (exact) mass is 889 g/mol. The Hall–Kier alpha value is -7.63. The number of anilines is 10. The van der Waals surface area contributed by atoms with Gasteiger partial charge in [-0.2, -0.15) is 9.97 Å². The maximum atomic E-state index is 14.4. The Bertz CT molecular complexity index is 2600. The third-order valence-electron chi connectivity index (χ3n) is 9.35. The van der Waals surface area contributed by atoms with E-state index in [0.29, 0.717) is 51.7 Å². The van der Waals surface area contributed by atoms with E-state index in [0.717, 1.165) is 43.0 Å². The number of amides is 2. The van der Waals surface area contributed by atoms with Gasteiger partial charge in [-0.05, 0) is 99.2 Å². The van der Waals surface area contributed by atoms with Crippen molar-refractivity contribution >= 4 is 81.1 Å². The van der Waals surface area contributed by atoms with E-state index in [1.807, 2.05) is 24.3 Å². The highest BCUT2D eigenvalue weighted by atomic mass is 35.5. The molecule has 1 fully saturated rings. The highest BCUT2D eigenvalue weighted by Crippen LogP contribution is 2.30. The second-order valence-electron chi connectivity index (χ2n) is 14.3. The molecule has 0 saturated carbocycles. The largest absolute Gasteiger partial charge is 0.495 e. The van der Waals surface area contributed by atoms with Crippen molar-refractivity contribution in [1.82, 2.24) is 24.8 Å². The normalized spacial score (nSPS) is 13.2. The molecule has 330 valence electrons. The molecule has 0 bridgehead atoms. The van der Waals surface area contributed by atoms with Gasteiger partial charge in [-0.15, -0.1) is 0 Å². The molecule has 7 rings (SSSR count). The summed E-state index contributed by atoms with van der Waals surface area (Å²) in [6.45, 7) is 9.68. The number of nitrogens with zero attached hydrogens (tertiary/aromatic N) is 5. The van der Waals surface area contributed by atoms with Crippen LogP contribution in [-0.4, -0.2) is 70.5 Å². The number of piperidine rings is 1. The lowest BCUT2D eigenvalue weighted by atomic mass is 10.00. The van der Waals surface area contributed by atoms with Crippen LogP contribution in [0.2, 0.25) is 5.02 Å². The topological polar surface area (TPSA) is 180 Å². The van der Waals surface area contributed by atoms with E-state index in [9.17, 15) is 18.4 Å². The number of hydrogen-bond donors (Lipinski definition) is 6. The van der Waals surface area contributed by atoms with Crippen molar-refractivity contribution in [3.05, 3.63) is 145 Å². The number of halogens is 3. The fraction of sp³-hybridized carbons (Fsp3) is 0.174. The van der Waals surface area contributed by atoms with E-state index in [4.69, 9.17) is 21.1 Å². The number of hydrogen-bond acceptors (Lipinski definition) is 13. The fourth-order valence-electron chi connectivity index (χ4n) is 6.32. The fourth-order valence-corrected chi connectivity index (χ4v) is 6.52. The minimum atomic E-state index is -0.634. The molecule has 6 N–H and O–H groups in total. The Morgan fingerprint density at radius 1 is 0.750 bits per heavy atom. The summed E-state index contributed by atoms with van der Waals surface area (Å²) in [4.78, 5) is 41.7. The number of rotatable bonds is 16. The van der Waals surface area contributed by atoms with E-state index in [1.54, 1.807) is 66.7 Å². The molecule has 4 aromatic carbocycles. The molecule has 1 aliphatic rings. The Balaban J connectivity index is 0.000000216. The maximum absolute atomic E-state index is 14.4. The second-order valence-corrected chi connectivity index (χ2v) is 14.7. The van der Waals surface area contributed by atoms with Crippen LogP contribution in [0.3, 0.4) is 0 Å². The highest BCUT2D eigenvalue weighted by molar-refractivity contribution is 6.32. The molecule has 0 aliphatic carbocycles. The molecule has 2 amide bonds. The number of benzene rings is 4. The van der Waals surface area contributed by atoms with Crippen molar-refractivity contribution in [3.8, 4) is 11.5 Å². The molecule has 0 spiro atoms. The Labute approximate surface area is 374 Å². The minimum Gasteiger partial charge on any atom is -0.495 e. The van der Waals surface area contributed by atoms with Gasteiger partial charge in [-0.3, -0.25) is 9.59 Å². The summed E-state index contributed by atoms with van der Waals surface area (Å²) >= 11 is 6.01. The van der Waals surface area contributed by atoms with Gasteiger partial charge in [0.2, 0.25) is 23.7 Å². The maximum Gasteiger partial charge on any atom is 0.247 e. The van der Waals surface area contributed by atoms with Crippen LogP contribution in [0.25, 0.3) is 0 Å². The molecule has 1 atom stereocenters. The summed E-state index contributed by atoms with van der Waals surface area (Å²) in [6.07, 6.45) is 6.85. The van der Waals surface area contributed by atoms with Crippen LogP contribution < -0.4 is 41.4 Å². The first-order valence-corrected chi connectivity index (χ1v) is 20.3. The van der Waals surface area contributed by atoms with Gasteiger partial charge in [0.15, 0.2) is 23.3 Å². The lowest BCUT2D eigenvalue weighted by Crippen LogP contribution is -2.34. The summed E-state index contributed by atoms with van der Waals surface area (Å²) in [6, 6.07) is 26.2. The lowest BCUT2D eigenvalue weighted by Gasteiger charge is -2.29. The zero-order chi connectivity index (χ0) is 45.4. The predicted octanol–water partition coefficient (Wildman–Crippen LogP) is 9.84. The molecule has 18 heteroatoms. The number of nitrogens with one attached hydrogen (secondary N) is 6. The molecule has 0 radical (unpaired) electrons. The van der Waals surface area contributed by atoms with Crippen LogP contribution in [0.15, 0.2) is 129 Å². The van der Waals surface area contributed by atoms with Gasteiger partial charge in [0.25, 0.3) is 0 Å². The van der Waals surface area contributed by atoms with Crippen molar-refractivity contribution in [1.29, 1.82) is 0 Å². The van der Waals surface area contributed by atoms with E-state index >= 15 is 0 Å². The summed E-state index contributed by atoms with van der Waals surface area (Å²) in [5.41, 5.74) is 3.51. The van der Waals surface area contributed by atoms with Gasteiger partial charge in [-0.25, -0.2) is 18.7 Å². The third-order valence-corrected chi connectivity index (χ3v) is 9.66. The van der Waals surface area contributed by atoms with Crippen LogP contribution in [0.4, 0.5) is 66.4 Å². The first-order valence-electron chi connectivity index (χ1n) is 19.9. The van der Waals surface area contributed by atoms with E-state index in [-0.39, 0.29) is 35.3 Å². The van der Waals surface area contributed by atoms with Gasteiger partial charge in [0.05, 0.1) is 31.1 Å². The average Bonchev–Trinajstić information content (AvgIpc) is 3.29. The number of carbonyl (C=O) groups is 2. The van der Waals surface area contributed by atoms with Gasteiger partial charge >= 0.3 is 0 Å². The molecule has 6 aromatic rings. The van der Waals surface area contributed by atoms with Crippen LogP contribution >= 0.6 is 11.6 Å². The quantitative estimate of drug-likeness (QED) is 0.0506. The zero-order valence-corrected chi connectivity index (χ0v) is 35.8. The van der Waals surface area contributed by atoms with Gasteiger partial charge in [-0.1, -0.05) is 43.0 Å². The van der Waals surface area contributed by atoms with Gasteiger partial charge < -0.3 is 46.3 Å². The van der Waals surface area contributed by atoms with Gasteiger partial charge in [0, 0.05) is 58.7 Å². The Morgan fingerprint density at radius 3 is 1.80 bits per heavy atom. The molecular weight excluding hydrogens is 844 g/mol. The van der Waals surface area contributed by atoms with Gasteiger partial charge in [0.1, 0.15) is 11.5 Å². The molecule has 15 nitrogen and oxygen atoms in total. The Kier molecular flexibility index (Phi) is 16.1. The van der Waals surface area contributed by atoms with Crippen LogP contribution in [0.1, 0.15) is 12.8 Å². The smallest absolute Gasteiger partial charge is 0.247 e. The number of carbonyl (C=O) groups excluding carboxylic acids is 2. The molecule has 1 unspecified atom stereocenters. The van der Waals surface area contributed by atoms with Crippen molar-refractivity contribution in [2.45, 2.75) is 12.8 Å². The third kappa shape index (κ3) is 13.7. The summed E-state index contributed by atoms with van der Waals surface area (Å²) in [7, 11) is 3.65.